The van der Waals surface area contributed by atoms with Crippen LogP contribution in [0, 0.1) is 0 Å². The molecule has 0 spiro atoms. The van der Waals surface area contributed by atoms with Gasteiger partial charge in [-0.25, -0.2) is 0 Å². The van der Waals surface area contributed by atoms with Crippen LogP contribution in [0.2, 0.25) is 0 Å². The van der Waals surface area contributed by atoms with Gasteiger partial charge < -0.3 is 0 Å². The molecule has 4 heteroatoms. The Hall–Kier alpha value is -0.410. The Morgan fingerprint density at radius 2 is 2.67 bits per heavy atom. The van der Waals surface area contributed by atoms with Gasteiger partial charge in [-0.05, 0) is 7.05 Å². The Balaban J connectivity index is 2.48. The molecule has 1 N–H and O–H groups in total. The van der Waals surface area contributed by atoms with Crippen LogP contribution in [0.4, 0.5) is 0 Å². The number of halogens is 1. The lowest BCUT2D eigenvalue weighted by molar-refractivity contribution is 0.598. The van der Waals surface area contributed by atoms with Crippen LogP contribution < -0.4 is 5.32 Å². The first kappa shape index (κ1) is 6.71. The first-order valence-corrected chi connectivity index (χ1v) is 3.11. The van der Waals surface area contributed by atoms with Crippen LogP contribution in [-0.4, -0.2) is 31.1 Å². The van der Waals surface area contributed by atoms with E-state index in [1.54, 1.807) is 6.21 Å². The van der Waals surface area contributed by atoms with Gasteiger partial charge in [0.15, 0.2) is 0 Å². The maximum atomic E-state index is 5.51. The Labute approximate surface area is 58.8 Å². The second-order valence-corrected chi connectivity index (χ2v) is 2.13. The molecule has 0 saturated heterocycles. The highest BCUT2D eigenvalue weighted by atomic mass is 35.5. The molecule has 0 aromatic rings. The molecule has 1 atom stereocenters. The first-order chi connectivity index (χ1) is 4.33. The Morgan fingerprint density at radius 1 is 1.89 bits per heavy atom. The van der Waals surface area contributed by atoms with Crippen molar-refractivity contribution in [2.45, 2.75) is 6.17 Å². The standard InChI is InChI=1S/C5H8ClN3/c1-7-5-3-8-4(6)2-9-5/h2,5,7H,3H2,1H3. The first-order valence-electron chi connectivity index (χ1n) is 2.73. The molecule has 0 fully saturated rings. The van der Waals surface area contributed by atoms with Gasteiger partial charge in [-0.3, -0.25) is 15.3 Å². The van der Waals surface area contributed by atoms with Crippen molar-refractivity contribution >= 4 is 23.0 Å². The molecule has 0 aliphatic carbocycles. The molecule has 0 amide bonds. The largest absolute Gasteiger partial charge is 0.297 e. The van der Waals surface area contributed by atoms with Gasteiger partial charge in [0.25, 0.3) is 0 Å². The lowest BCUT2D eigenvalue weighted by Gasteiger charge is -2.10. The Bertz CT molecular complexity index is 152. The van der Waals surface area contributed by atoms with Gasteiger partial charge in [-0.2, -0.15) is 0 Å². The Kier molecular flexibility index (Phi) is 2.19. The summed E-state index contributed by atoms with van der Waals surface area (Å²) in [5.74, 6) is 0. The minimum atomic E-state index is 0.118. The summed E-state index contributed by atoms with van der Waals surface area (Å²) in [6, 6.07) is 0. The molecule has 0 saturated carbocycles. The topological polar surface area (TPSA) is 36.8 Å². The van der Waals surface area contributed by atoms with Crippen molar-refractivity contribution in [3.05, 3.63) is 0 Å². The summed E-state index contributed by atoms with van der Waals surface area (Å²) in [4.78, 5) is 7.98. The highest BCUT2D eigenvalue weighted by Gasteiger charge is 2.05. The third kappa shape index (κ3) is 1.77. The molecule has 0 radical (unpaired) electrons. The van der Waals surface area contributed by atoms with Gasteiger partial charge in [-0.15, -0.1) is 0 Å². The number of rotatable bonds is 1. The number of hydrogen-bond acceptors (Lipinski definition) is 3. The quantitative estimate of drug-likeness (QED) is 0.565. The average Bonchev–Trinajstić information content (AvgIpc) is 1.90. The fourth-order valence-electron chi connectivity index (χ4n) is 0.579. The molecule has 1 unspecified atom stereocenters. The van der Waals surface area contributed by atoms with Gasteiger partial charge in [0.05, 0.1) is 12.8 Å². The third-order valence-electron chi connectivity index (χ3n) is 1.11. The molecule has 3 nitrogen and oxygen atoms in total. The molecule has 9 heavy (non-hydrogen) atoms. The highest BCUT2D eigenvalue weighted by Crippen LogP contribution is 1.95. The number of aliphatic imine (C=N–C) groups is 2. The van der Waals surface area contributed by atoms with Crippen LogP contribution in [0.5, 0.6) is 0 Å². The van der Waals surface area contributed by atoms with E-state index in [1.165, 1.54) is 0 Å². The van der Waals surface area contributed by atoms with E-state index in [-0.39, 0.29) is 6.17 Å². The number of nitrogens with one attached hydrogen (secondary N) is 1. The number of likely N-dealkylation sites (N-methyl/N-ethyl adjacent to an activating group) is 1. The monoisotopic (exact) mass is 145 g/mol. The molecule has 0 aromatic heterocycles. The second-order valence-electron chi connectivity index (χ2n) is 1.75. The van der Waals surface area contributed by atoms with E-state index in [2.05, 4.69) is 15.3 Å². The summed E-state index contributed by atoms with van der Waals surface area (Å²) in [5.41, 5.74) is 0. The van der Waals surface area contributed by atoms with Gasteiger partial charge in [0, 0.05) is 0 Å². The van der Waals surface area contributed by atoms with Crippen molar-refractivity contribution in [1.82, 2.24) is 5.32 Å². The molecular weight excluding hydrogens is 138 g/mol. The SMILES string of the molecule is CNC1CN=C(Cl)C=N1. The van der Waals surface area contributed by atoms with Crippen molar-refractivity contribution in [2.75, 3.05) is 13.6 Å². The molecule has 1 heterocycles. The van der Waals surface area contributed by atoms with Gasteiger partial charge in [0.1, 0.15) is 11.3 Å². The van der Waals surface area contributed by atoms with Crippen molar-refractivity contribution in [1.29, 1.82) is 0 Å². The van der Waals surface area contributed by atoms with Crippen molar-refractivity contribution in [3.8, 4) is 0 Å². The predicted molar refractivity (Wildman–Crippen MR) is 39.5 cm³/mol. The predicted octanol–water partition coefficient (Wildman–Crippen LogP) is 0.254. The Morgan fingerprint density at radius 3 is 3.11 bits per heavy atom. The molecule has 1 aliphatic heterocycles. The molecule has 0 aromatic carbocycles. The van der Waals surface area contributed by atoms with Gasteiger partial charge in [0.2, 0.25) is 0 Å². The maximum Gasteiger partial charge on any atom is 0.141 e. The van der Waals surface area contributed by atoms with Crippen molar-refractivity contribution < 1.29 is 0 Å². The summed E-state index contributed by atoms with van der Waals surface area (Å²) in [5, 5.41) is 3.45. The summed E-state index contributed by atoms with van der Waals surface area (Å²) in [7, 11) is 1.84. The van der Waals surface area contributed by atoms with Crippen LogP contribution >= 0.6 is 11.6 Å². The maximum absolute atomic E-state index is 5.51. The van der Waals surface area contributed by atoms with E-state index in [9.17, 15) is 0 Å². The van der Waals surface area contributed by atoms with Crippen LogP contribution in [0.25, 0.3) is 0 Å². The summed E-state index contributed by atoms with van der Waals surface area (Å²) < 4.78 is 0. The average molecular weight is 146 g/mol. The second kappa shape index (κ2) is 2.94. The van der Waals surface area contributed by atoms with Crippen LogP contribution in [0.15, 0.2) is 9.98 Å². The van der Waals surface area contributed by atoms with Gasteiger partial charge in [-0.1, -0.05) is 11.6 Å². The summed E-state index contributed by atoms with van der Waals surface area (Å²) in [6.45, 7) is 0.645. The molecule has 50 valence electrons. The van der Waals surface area contributed by atoms with E-state index in [1.807, 2.05) is 7.05 Å². The molecule has 1 aliphatic rings. The van der Waals surface area contributed by atoms with Gasteiger partial charge >= 0.3 is 0 Å². The van der Waals surface area contributed by atoms with E-state index >= 15 is 0 Å². The minimum absolute atomic E-state index is 0.118. The van der Waals surface area contributed by atoms with E-state index < -0.39 is 0 Å². The normalized spacial score (nSPS) is 26.0. The molecule has 0 bridgehead atoms. The van der Waals surface area contributed by atoms with E-state index in [0.29, 0.717) is 11.7 Å². The lowest BCUT2D eigenvalue weighted by atomic mass is 10.4. The summed E-state index contributed by atoms with van der Waals surface area (Å²) in [6.07, 6.45) is 1.68. The summed E-state index contributed by atoms with van der Waals surface area (Å²) >= 11 is 5.51. The van der Waals surface area contributed by atoms with Crippen LogP contribution in [0.3, 0.4) is 0 Å². The van der Waals surface area contributed by atoms with Crippen molar-refractivity contribution in [2.24, 2.45) is 9.98 Å². The zero-order chi connectivity index (χ0) is 6.69. The third-order valence-corrected chi connectivity index (χ3v) is 1.33. The van der Waals surface area contributed by atoms with Crippen LogP contribution in [0.1, 0.15) is 0 Å². The number of hydrogen-bond donors (Lipinski definition) is 1. The molecule has 1 rings (SSSR count). The van der Waals surface area contributed by atoms with Crippen molar-refractivity contribution in [3.63, 3.8) is 0 Å². The number of nitrogens with zero attached hydrogens (tertiary/aromatic N) is 2. The smallest absolute Gasteiger partial charge is 0.141 e. The highest BCUT2D eigenvalue weighted by molar-refractivity contribution is 6.80. The van der Waals surface area contributed by atoms with E-state index in [0.717, 1.165) is 0 Å². The fourth-order valence-corrected chi connectivity index (χ4v) is 0.704. The zero-order valence-electron chi connectivity index (χ0n) is 5.13. The lowest BCUT2D eigenvalue weighted by Crippen LogP contribution is -2.29. The van der Waals surface area contributed by atoms with E-state index in [4.69, 9.17) is 11.6 Å². The van der Waals surface area contributed by atoms with Crippen LogP contribution in [-0.2, 0) is 0 Å². The zero-order valence-corrected chi connectivity index (χ0v) is 5.89. The molecular formula is C5H8ClN3. The minimum Gasteiger partial charge on any atom is -0.297 e. The fraction of sp³-hybridized carbons (Fsp3) is 0.600.